The molecule has 0 atom stereocenters. The first kappa shape index (κ1) is 23.7. The van der Waals surface area contributed by atoms with E-state index in [-0.39, 0.29) is 18.1 Å². The van der Waals surface area contributed by atoms with Gasteiger partial charge in [0.15, 0.2) is 5.78 Å². The number of Topliss-reactive ketones (excluding diaryl/α,β-unsaturated/α-hetero) is 1. The van der Waals surface area contributed by atoms with Crippen molar-refractivity contribution in [1.82, 2.24) is 20.0 Å². The summed E-state index contributed by atoms with van der Waals surface area (Å²) in [5.74, 6) is -0.110. The van der Waals surface area contributed by atoms with Crippen LogP contribution in [0.4, 0.5) is 5.69 Å². The molecule has 36 heavy (non-hydrogen) atoms. The Morgan fingerprint density at radius 3 is 2.47 bits per heavy atom. The lowest BCUT2D eigenvalue weighted by atomic mass is 10.1. The number of nitrogens with one attached hydrogen (secondary N) is 1. The van der Waals surface area contributed by atoms with E-state index < -0.39 is 5.54 Å². The molecule has 9 heteroatoms. The quantitative estimate of drug-likeness (QED) is 0.439. The van der Waals surface area contributed by atoms with Crippen molar-refractivity contribution >= 4 is 40.3 Å². The van der Waals surface area contributed by atoms with Crippen LogP contribution in [0.1, 0.15) is 41.0 Å². The average molecular weight is 522 g/mol. The zero-order valence-electron chi connectivity index (χ0n) is 20.0. The van der Waals surface area contributed by atoms with Gasteiger partial charge in [-0.05, 0) is 43.9 Å². The molecule has 1 N–H and O–H groups in total. The highest BCUT2D eigenvalue weighted by molar-refractivity contribution is 7.14. The van der Waals surface area contributed by atoms with Crippen LogP contribution in [0.2, 0.25) is 5.02 Å². The maximum atomic E-state index is 13.4. The summed E-state index contributed by atoms with van der Waals surface area (Å²) in [7, 11) is 0. The van der Waals surface area contributed by atoms with Gasteiger partial charge in [-0.2, -0.15) is 0 Å². The van der Waals surface area contributed by atoms with Crippen LogP contribution < -0.4 is 5.32 Å². The molecule has 0 unspecified atom stereocenters. The van der Waals surface area contributed by atoms with E-state index in [9.17, 15) is 9.59 Å². The topological polar surface area (TPSA) is 78.4 Å². The molecular formula is C27H28ClN5O2S. The molecule has 3 aromatic rings. The van der Waals surface area contributed by atoms with Crippen molar-refractivity contribution < 1.29 is 9.59 Å². The van der Waals surface area contributed by atoms with Gasteiger partial charge in [-0.15, -0.1) is 10.2 Å². The first-order chi connectivity index (χ1) is 17.5. The van der Waals surface area contributed by atoms with E-state index in [0.29, 0.717) is 21.3 Å². The molecule has 1 amide bonds. The molecule has 1 saturated heterocycles. The van der Waals surface area contributed by atoms with E-state index in [1.54, 1.807) is 18.2 Å². The number of amides is 1. The average Bonchev–Trinajstić information content (AvgIpc) is 3.84. The monoisotopic (exact) mass is 521 g/mol. The fourth-order valence-electron chi connectivity index (χ4n) is 5.06. The number of rotatable bonds is 8. The third kappa shape index (κ3) is 4.83. The molecule has 2 heterocycles. The molecular weight excluding hydrogens is 494 g/mol. The van der Waals surface area contributed by atoms with Crippen molar-refractivity contribution in [3.05, 3.63) is 64.1 Å². The maximum absolute atomic E-state index is 13.4. The molecule has 1 aliphatic heterocycles. The lowest BCUT2D eigenvalue weighted by Crippen LogP contribution is -2.55. The number of nitrogens with zero attached hydrogens (tertiary/aromatic N) is 4. The SMILES string of the molecule is O=C(Cc1nnc(-c2ccccc2)s1)c1ccc(Cl)c(NC(=O)C2(N3CCN(C4CC4)CC3)CC2)c1. The van der Waals surface area contributed by atoms with Gasteiger partial charge in [-0.3, -0.25) is 19.4 Å². The highest BCUT2D eigenvalue weighted by Gasteiger charge is 2.55. The second-order valence-electron chi connectivity index (χ2n) is 9.90. The van der Waals surface area contributed by atoms with Crippen LogP contribution in [0, 0.1) is 0 Å². The van der Waals surface area contributed by atoms with E-state index in [4.69, 9.17) is 11.6 Å². The molecule has 1 aromatic heterocycles. The Labute approximate surface area is 219 Å². The summed E-state index contributed by atoms with van der Waals surface area (Å²) in [6, 6.07) is 15.6. The predicted octanol–water partition coefficient (Wildman–Crippen LogP) is 4.54. The Hall–Kier alpha value is -2.65. The number of carbonyl (C=O) groups is 2. The predicted molar refractivity (Wildman–Crippen MR) is 142 cm³/mol. The number of benzene rings is 2. The largest absolute Gasteiger partial charge is 0.323 e. The summed E-state index contributed by atoms with van der Waals surface area (Å²) in [4.78, 5) is 31.3. The number of carbonyl (C=O) groups excluding carboxylic acids is 2. The molecule has 3 aliphatic rings. The highest BCUT2D eigenvalue weighted by Crippen LogP contribution is 2.44. The number of hydrogen-bond acceptors (Lipinski definition) is 7. The van der Waals surface area contributed by atoms with Crippen LogP contribution in [-0.4, -0.2) is 69.4 Å². The van der Waals surface area contributed by atoms with Crippen molar-refractivity contribution in [3.63, 3.8) is 0 Å². The molecule has 186 valence electrons. The summed E-state index contributed by atoms with van der Waals surface area (Å²) in [6.45, 7) is 3.90. The van der Waals surface area contributed by atoms with Crippen LogP contribution in [0.25, 0.3) is 10.6 Å². The number of aromatic nitrogens is 2. The molecule has 2 aromatic carbocycles. The summed E-state index contributed by atoms with van der Waals surface area (Å²) < 4.78 is 0. The van der Waals surface area contributed by atoms with E-state index in [1.165, 1.54) is 24.2 Å². The second kappa shape index (κ2) is 9.67. The number of halogens is 1. The van der Waals surface area contributed by atoms with Crippen LogP contribution in [-0.2, 0) is 11.2 Å². The molecule has 0 bridgehead atoms. The molecule has 0 spiro atoms. The number of ketones is 1. The fourth-order valence-corrected chi connectivity index (χ4v) is 6.06. The van der Waals surface area contributed by atoms with Crippen molar-refractivity contribution in [2.45, 2.75) is 43.7 Å². The first-order valence-electron chi connectivity index (χ1n) is 12.5. The standard InChI is InChI=1S/C27H28ClN5O2S/c28-21-9-6-19(23(34)17-24-30-31-25(36-24)18-4-2-1-3-5-18)16-22(21)29-26(35)27(10-11-27)33-14-12-32(13-15-33)20-7-8-20/h1-6,9,16,20H,7-8,10-15,17H2,(H,29,35). The van der Waals surface area contributed by atoms with Crippen molar-refractivity contribution in [2.75, 3.05) is 31.5 Å². The van der Waals surface area contributed by atoms with Crippen LogP contribution in [0.15, 0.2) is 48.5 Å². The summed E-state index contributed by atoms with van der Waals surface area (Å²) in [6.07, 6.45) is 4.49. The van der Waals surface area contributed by atoms with Gasteiger partial charge in [0.2, 0.25) is 5.91 Å². The fraction of sp³-hybridized carbons (Fsp3) is 0.407. The molecule has 0 radical (unpaired) electrons. The van der Waals surface area contributed by atoms with E-state index in [1.807, 2.05) is 30.3 Å². The lowest BCUT2D eigenvalue weighted by Gasteiger charge is -2.39. The van der Waals surface area contributed by atoms with Gasteiger partial charge >= 0.3 is 0 Å². The summed E-state index contributed by atoms with van der Waals surface area (Å²) in [5, 5.41) is 13.3. The smallest absolute Gasteiger partial charge is 0.244 e. The minimum Gasteiger partial charge on any atom is -0.323 e. The molecule has 3 fully saturated rings. The third-order valence-electron chi connectivity index (χ3n) is 7.47. The van der Waals surface area contributed by atoms with Crippen LogP contribution in [0.3, 0.4) is 0 Å². The van der Waals surface area contributed by atoms with Gasteiger partial charge in [0.25, 0.3) is 0 Å². The van der Waals surface area contributed by atoms with Gasteiger partial charge < -0.3 is 5.32 Å². The van der Waals surface area contributed by atoms with Gasteiger partial charge in [0.1, 0.15) is 15.6 Å². The highest BCUT2D eigenvalue weighted by atomic mass is 35.5. The summed E-state index contributed by atoms with van der Waals surface area (Å²) >= 11 is 7.84. The molecule has 2 aliphatic carbocycles. The Morgan fingerprint density at radius 2 is 1.78 bits per heavy atom. The van der Waals surface area contributed by atoms with Crippen molar-refractivity contribution in [3.8, 4) is 10.6 Å². The zero-order valence-corrected chi connectivity index (χ0v) is 21.5. The number of hydrogen-bond donors (Lipinski definition) is 1. The maximum Gasteiger partial charge on any atom is 0.244 e. The lowest BCUT2D eigenvalue weighted by molar-refractivity contribution is -0.123. The Morgan fingerprint density at radius 1 is 1.03 bits per heavy atom. The normalized spacial score (nSPS) is 19.7. The minimum absolute atomic E-state index is 0.0227. The Kier molecular flexibility index (Phi) is 6.37. The second-order valence-corrected chi connectivity index (χ2v) is 11.4. The van der Waals surface area contributed by atoms with Crippen LogP contribution in [0.5, 0.6) is 0 Å². The summed E-state index contributed by atoms with van der Waals surface area (Å²) in [5.41, 5.74) is 1.51. The third-order valence-corrected chi connectivity index (χ3v) is 8.77. The van der Waals surface area contributed by atoms with E-state index in [0.717, 1.165) is 55.6 Å². The van der Waals surface area contributed by atoms with Crippen molar-refractivity contribution in [2.24, 2.45) is 0 Å². The first-order valence-corrected chi connectivity index (χ1v) is 13.7. The van der Waals surface area contributed by atoms with E-state index in [2.05, 4.69) is 25.3 Å². The van der Waals surface area contributed by atoms with Crippen LogP contribution >= 0.6 is 22.9 Å². The molecule has 6 rings (SSSR count). The van der Waals surface area contributed by atoms with Gasteiger partial charge in [-0.1, -0.05) is 53.3 Å². The van der Waals surface area contributed by atoms with Gasteiger partial charge in [0.05, 0.1) is 17.1 Å². The number of anilines is 1. The minimum atomic E-state index is -0.445. The molecule has 7 nitrogen and oxygen atoms in total. The molecule has 2 saturated carbocycles. The van der Waals surface area contributed by atoms with Gasteiger partial charge in [0, 0.05) is 43.3 Å². The Bertz CT molecular complexity index is 1280. The van der Waals surface area contributed by atoms with Crippen molar-refractivity contribution in [1.29, 1.82) is 0 Å². The van der Waals surface area contributed by atoms with Gasteiger partial charge in [-0.25, -0.2) is 0 Å². The Balaban J connectivity index is 1.11. The number of piperazine rings is 1. The van der Waals surface area contributed by atoms with E-state index >= 15 is 0 Å². The zero-order chi connectivity index (χ0) is 24.7.